The van der Waals surface area contributed by atoms with Crippen LogP contribution in [0.2, 0.25) is 0 Å². The maximum atomic E-state index is 5.79. The minimum atomic E-state index is -0.427. The van der Waals surface area contributed by atoms with E-state index < -0.39 is 6.23 Å². The second-order valence-electron chi connectivity index (χ2n) is 3.33. The van der Waals surface area contributed by atoms with Crippen LogP contribution in [0.3, 0.4) is 0 Å². The van der Waals surface area contributed by atoms with Gasteiger partial charge in [-0.1, -0.05) is 0 Å². The largest absolute Gasteiger partial charge is 0.496 e. The van der Waals surface area contributed by atoms with Crippen LogP contribution in [0.1, 0.15) is 22.9 Å². The molecule has 1 aromatic carbocycles. The Morgan fingerprint density at radius 2 is 1.71 bits per heavy atom. The second kappa shape index (κ2) is 4.44. The molecule has 1 unspecified atom stereocenters. The molecule has 0 aliphatic heterocycles. The Hall–Kier alpha value is -1.06. The number of rotatable bonds is 3. The van der Waals surface area contributed by atoms with Crippen LogP contribution in [0.5, 0.6) is 5.75 Å². The Kier molecular flexibility index (Phi) is 3.49. The maximum Gasteiger partial charge on any atom is 0.135 e. The highest BCUT2D eigenvalue weighted by Crippen LogP contribution is 2.27. The fourth-order valence-electron chi connectivity index (χ4n) is 1.34. The van der Waals surface area contributed by atoms with Crippen molar-refractivity contribution < 1.29 is 9.47 Å². The molecule has 0 spiro atoms. The Morgan fingerprint density at radius 1 is 1.14 bits per heavy atom. The zero-order chi connectivity index (χ0) is 10.7. The van der Waals surface area contributed by atoms with E-state index in [9.17, 15) is 0 Å². The van der Waals surface area contributed by atoms with E-state index in [4.69, 9.17) is 15.2 Å². The van der Waals surface area contributed by atoms with Crippen molar-refractivity contribution in [3.05, 3.63) is 28.8 Å². The predicted molar refractivity (Wildman–Crippen MR) is 56.4 cm³/mol. The summed E-state index contributed by atoms with van der Waals surface area (Å²) in [6.45, 7) is 4.08. The van der Waals surface area contributed by atoms with E-state index in [2.05, 4.69) is 0 Å². The third kappa shape index (κ3) is 2.05. The minimum Gasteiger partial charge on any atom is -0.496 e. The van der Waals surface area contributed by atoms with E-state index in [1.807, 2.05) is 26.0 Å². The molecule has 0 aromatic heterocycles. The highest BCUT2D eigenvalue weighted by molar-refractivity contribution is 5.42. The summed E-state index contributed by atoms with van der Waals surface area (Å²) in [5.74, 6) is 0.780. The maximum absolute atomic E-state index is 5.79. The van der Waals surface area contributed by atoms with Crippen LogP contribution in [0, 0.1) is 13.8 Å². The monoisotopic (exact) mass is 195 g/mol. The fraction of sp³-hybridized carbons (Fsp3) is 0.455. The standard InChI is InChI=1S/C11H17NO2/c1-7-5-9(11(12)14-4)10(13-3)6-8(7)2/h5-6,11H,12H2,1-4H3. The fourth-order valence-corrected chi connectivity index (χ4v) is 1.34. The molecule has 0 heterocycles. The SMILES string of the molecule is COc1cc(C)c(C)cc1C(N)OC. The molecule has 0 aliphatic rings. The number of ether oxygens (including phenoxy) is 2. The van der Waals surface area contributed by atoms with Gasteiger partial charge in [-0.15, -0.1) is 0 Å². The summed E-state index contributed by atoms with van der Waals surface area (Å²) in [6.07, 6.45) is -0.427. The van der Waals surface area contributed by atoms with Gasteiger partial charge in [-0.3, -0.25) is 0 Å². The smallest absolute Gasteiger partial charge is 0.135 e. The van der Waals surface area contributed by atoms with Gasteiger partial charge in [0.05, 0.1) is 7.11 Å². The van der Waals surface area contributed by atoms with Crippen molar-refractivity contribution in [3.63, 3.8) is 0 Å². The van der Waals surface area contributed by atoms with E-state index in [1.165, 1.54) is 11.1 Å². The van der Waals surface area contributed by atoms with Gasteiger partial charge in [0.1, 0.15) is 12.0 Å². The van der Waals surface area contributed by atoms with Crippen molar-refractivity contribution in [1.29, 1.82) is 0 Å². The number of nitrogens with two attached hydrogens (primary N) is 1. The lowest BCUT2D eigenvalue weighted by atomic mass is 10.0. The molecular weight excluding hydrogens is 178 g/mol. The van der Waals surface area contributed by atoms with Crippen molar-refractivity contribution in [2.45, 2.75) is 20.1 Å². The average molecular weight is 195 g/mol. The van der Waals surface area contributed by atoms with Crippen molar-refractivity contribution in [3.8, 4) is 5.75 Å². The van der Waals surface area contributed by atoms with E-state index in [1.54, 1.807) is 14.2 Å². The minimum absolute atomic E-state index is 0.427. The van der Waals surface area contributed by atoms with Crippen molar-refractivity contribution >= 4 is 0 Å². The zero-order valence-corrected chi connectivity index (χ0v) is 9.13. The number of aryl methyl sites for hydroxylation is 2. The zero-order valence-electron chi connectivity index (χ0n) is 9.13. The van der Waals surface area contributed by atoms with Crippen molar-refractivity contribution in [2.75, 3.05) is 14.2 Å². The van der Waals surface area contributed by atoms with Crippen LogP contribution in [0.4, 0.5) is 0 Å². The summed E-state index contributed by atoms with van der Waals surface area (Å²) in [7, 11) is 3.22. The molecule has 0 aliphatic carbocycles. The van der Waals surface area contributed by atoms with Crippen molar-refractivity contribution in [1.82, 2.24) is 0 Å². The Morgan fingerprint density at radius 3 is 2.21 bits per heavy atom. The lowest BCUT2D eigenvalue weighted by Crippen LogP contribution is -2.13. The molecule has 14 heavy (non-hydrogen) atoms. The summed E-state index contributed by atoms with van der Waals surface area (Å²) in [4.78, 5) is 0. The van der Waals surface area contributed by atoms with Gasteiger partial charge in [0, 0.05) is 12.7 Å². The molecule has 78 valence electrons. The van der Waals surface area contributed by atoms with Crippen LogP contribution in [-0.2, 0) is 4.74 Å². The molecule has 0 radical (unpaired) electrons. The van der Waals surface area contributed by atoms with E-state index in [0.29, 0.717) is 0 Å². The molecule has 1 atom stereocenters. The summed E-state index contributed by atoms with van der Waals surface area (Å²) >= 11 is 0. The van der Waals surface area contributed by atoms with Gasteiger partial charge in [0.2, 0.25) is 0 Å². The Labute approximate surface area is 84.8 Å². The molecular formula is C11H17NO2. The molecule has 3 nitrogen and oxygen atoms in total. The first-order chi connectivity index (χ1) is 6.60. The summed E-state index contributed by atoms with van der Waals surface area (Å²) in [5.41, 5.74) is 9.05. The van der Waals surface area contributed by atoms with Gasteiger partial charge in [0.25, 0.3) is 0 Å². The van der Waals surface area contributed by atoms with E-state index in [-0.39, 0.29) is 0 Å². The van der Waals surface area contributed by atoms with Gasteiger partial charge in [-0.25, -0.2) is 0 Å². The molecule has 2 N–H and O–H groups in total. The molecule has 3 heteroatoms. The van der Waals surface area contributed by atoms with Crippen LogP contribution < -0.4 is 10.5 Å². The molecule has 0 saturated heterocycles. The molecule has 0 amide bonds. The van der Waals surface area contributed by atoms with E-state index in [0.717, 1.165) is 11.3 Å². The summed E-state index contributed by atoms with van der Waals surface area (Å²) in [6, 6.07) is 3.98. The first-order valence-electron chi connectivity index (χ1n) is 4.53. The van der Waals surface area contributed by atoms with Gasteiger partial charge in [-0.05, 0) is 37.1 Å². The van der Waals surface area contributed by atoms with Gasteiger partial charge < -0.3 is 15.2 Å². The molecule has 0 saturated carbocycles. The first-order valence-corrected chi connectivity index (χ1v) is 4.53. The lowest BCUT2D eigenvalue weighted by molar-refractivity contribution is 0.107. The Bertz CT molecular complexity index is 323. The molecule has 1 rings (SSSR count). The average Bonchev–Trinajstić information content (AvgIpc) is 2.20. The van der Waals surface area contributed by atoms with Gasteiger partial charge >= 0.3 is 0 Å². The number of hydrogen-bond donors (Lipinski definition) is 1. The topological polar surface area (TPSA) is 44.5 Å². The van der Waals surface area contributed by atoms with Gasteiger partial charge in [-0.2, -0.15) is 0 Å². The third-order valence-electron chi connectivity index (χ3n) is 2.41. The van der Waals surface area contributed by atoms with Crippen LogP contribution in [0.25, 0.3) is 0 Å². The predicted octanol–water partition coefficient (Wildman–Crippen LogP) is 1.92. The number of methoxy groups -OCH3 is 2. The lowest BCUT2D eigenvalue weighted by Gasteiger charge is -2.16. The van der Waals surface area contributed by atoms with Gasteiger partial charge in [0.15, 0.2) is 0 Å². The molecule has 0 bridgehead atoms. The first kappa shape index (κ1) is 11.0. The van der Waals surface area contributed by atoms with Crippen LogP contribution >= 0.6 is 0 Å². The summed E-state index contributed by atoms with van der Waals surface area (Å²) < 4.78 is 10.3. The van der Waals surface area contributed by atoms with Crippen LogP contribution in [0.15, 0.2) is 12.1 Å². The number of benzene rings is 1. The second-order valence-corrected chi connectivity index (χ2v) is 3.33. The highest BCUT2D eigenvalue weighted by Gasteiger charge is 2.12. The quantitative estimate of drug-likeness (QED) is 0.749. The summed E-state index contributed by atoms with van der Waals surface area (Å²) in [5, 5.41) is 0. The third-order valence-corrected chi connectivity index (χ3v) is 2.41. The van der Waals surface area contributed by atoms with E-state index >= 15 is 0 Å². The molecule has 0 fully saturated rings. The molecule has 1 aromatic rings. The Balaban J connectivity index is 3.19. The number of hydrogen-bond acceptors (Lipinski definition) is 3. The highest BCUT2D eigenvalue weighted by atomic mass is 16.5. The van der Waals surface area contributed by atoms with Crippen LogP contribution in [-0.4, -0.2) is 14.2 Å². The van der Waals surface area contributed by atoms with Crippen molar-refractivity contribution in [2.24, 2.45) is 5.73 Å². The normalized spacial score (nSPS) is 12.6.